The van der Waals surface area contributed by atoms with Crippen LogP contribution in [-0.2, 0) is 9.22 Å². The molecule has 0 aromatic rings. The van der Waals surface area contributed by atoms with Gasteiger partial charge >= 0.3 is 0 Å². The van der Waals surface area contributed by atoms with Crippen molar-refractivity contribution in [3.05, 3.63) is 0 Å². The zero-order valence-electron chi connectivity index (χ0n) is 9.81. The third kappa shape index (κ3) is 2.36. The summed E-state index contributed by atoms with van der Waals surface area (Å²) in [6, 6.07) is 0. The molecule has 1 rings (SSSR count). The minimum absolute atomic E-state index is 0.0647. The largest absolute Gasteiger partial charge is 0.405 e. The van der Waals surface area contributed by atoms with Gasteiger partial charge in [0.1, 0.15) is 6.10 Å². The summed E-state index contributed by atoms with van der Waals surface area (Å²) in [5.74, 6) is 0.0647. The van der Waals surface area contributed by atoms with Gasteiger partial charge in [-0.3, -0.25) is 4.79 Å². The van der Waals surface area contributed by atoms with Crippen LogP contribution in [-0.4, -0.2) is 26.9 Å². The first kappa shape index (κ1) is 11.7. The van der Waals surface area contributed by atoms with Gasteiger partial charge in [0.25, 0.3) is 0 Å². The van der Waals surface area contributed by atoms with Gasteiger partial charge < -0.3 is 9.74 Å². The van der Waals surface area contributed by atoms with Crippen LogP contribution in [0.3, 0.4) is 0 Å². The summed E-state index contributed by atoms with van der Waals surface area (Å²) >= 11 is 0. The highest BCUT2D eigenvalue weighted by molar-refractivity contribution is 6.74. The van der Waals surface area contributed by atoms with E-state index in [0.717, 1.165) is 13.0 Å². The van der Waals surface area contributed by atoms with Gasteiger partial charge in [-0.25, -0.2) is 0 Å². The van der Waals surface area contributed by atoms with E-state index in [-0.39, 0.29) is 17.0 Å². The second kappa shape index (κ2) is 3.66. The molecular weight excluding hydrogens is 194 g/mol. The Morgan fingerprint density at radius 2 is 2.00 bits per heavy atom. The summed E-state index contributed by atoms with van der Waals surface area (Å²) in [5, 5.41) is 2.98. The zero-order chi connectivity index (χ0) is 11.0. The number of carbonyl (C=O) groups excluding carboxylic acids is 1. The van der Waals surface area contributed by atoms with E-state index in [2.05, 4.69) is 39.2 Å². The second-order valence-corrected chi connectivity index (χ2v) is 10.2. The minimum Gasteiger partial charge on any atom is -0.405 e. The molecule has 1 heterocycles. The average Bonchev–Trinajstić information content (AvgIpc) is 2.33. The number of hydrogen-bond donors (Lipinski definition) is 1. The molecule has 1 N–H and O–H groups in total. The number of rotatable bonds is 2. The lowest BCUT2D eigenvalue weighted by atomic mass is 10.2. The van der Waals surface area contributed by atoms with Gasteiger partial charge in [0.2, 0.25) is 5.91 Å². The van der Waals surface area contributed by atoms with Crippen LogP contribution in [0, 0.1) is 0 Å². The van der Waals surface area contributed by atoms with Crippen molar-refractivity contribution in [2.45, 2.75) is 51.4 Å². The lowest BCUT2D eigenvalue weighted by Crippen LogP contribution is -2.45. The van der Waals surface area contributed by atoms with E-state index in [1.165, 1.54) is 0 Å². The van der Waals surface area contributed by atoms with Crippen molar-refractivity contribution >= 4 is 14.2 Å². The lowest BCUT2D eigenvalue weighted by Gasteiger charge is -2.37. The summed E-state index contributed by atoms with van der Waals surface area (Å²) in [6.07, 6.45) is 0.626. The molecule has 1 saturated heterocycles. The van der Waals surface area contributed by atoms with E-state index in [1.54, 1.807) is 0 Å². The van der Waals surface area contributed by atoms with E-state index in [1.807, 2.05) is 0 Å². The van der Waals surface area contributed by atoms with E-state index >= 15 is 0 Å². The number of nitrogens with one attached hydrogen (secondary N) is 1. The van der Waals surface area contributed by atoms with E-state index in [4.69, 9.17) is 4.43 Å². The van der Waals surface area contributed by atoms with Crippen LogP contribution < -0.4 is 5.32 Å². The van der Waals surface area contributed by atoms with Crippen molar-refractivity contribution in [3.63, 3.8) is 0 Å². The minimum atomic E-state index is -1.77. The van der Waals surface area contributed by atoms with Crippen LogP contribution in [0.4, 0.5) is 0 Å². The van der Waals surface area contributed by atoms with Crippen molar-refractivity contribution in [1.82, 2.24) is 5.32 Å². The molecule has 0 aromatic heterocycles. The summed E-state index contributed by atoms with van der Waals surface area (Å²) in [4.78, 5) is 11.4. The predicted molar refractivity (Wildman–Crippen MR) is 59.7 cm³/mol. The molecule has 0 radical (unpaired) electrons. The van der Waals surface area contributed by atoms with Crippen molar-refractivity contribution < 1.29 is 9.22 Å². The van der Waals surface area contributed by atoms with E-state index in [0.29, 0.717) is 0 Å². The fraction of sp³-hybridized carbons (Fsp3) is 0.900. The molecular formula is C10H21NO2Si. The molecule has 1 fully saturated rings. The van der Waals surface area contributed by atoms with E-state index in [9.17, 15) is 4.79 Å². The van der Waals surface area contributed by atoms with Crippen LogP contribution in [0.25, 0.3) is 0 Å². The van der Waals surface area contributed by atoms with Crippen LogP contribution in [0.2, 0.25) is 18.1 Å². The highest BCUT2D eigenvalue weighted by atomic mass is 28.4. The summed E-state index contributed by atoms with van der Waals surface area (Å²) in [6.45, 7) is 11.7. The van der Waals surface area contributed by atoms with Crippen molar-refractivity contribution in [2.75, 3.05) is 6.54 Å². The highest BCUT2D eigenvalue weighted by Gasteiger charge is 2.41. The highest BCUT2D eigenvalue weighted by Crippen LogP contribution is 2.37. The maximum Gasteiger partial charge on any atom is 0.247 e. The van der Waals surface area contributed by atoms with Gasteiger partial charge in [-0.05, 0) is 24.6 Å². The molecule has 82 valence electrons. The monoisotopic (exact) mass is 215 g/mol. The first-order valence-corrected chi connectivity index (χ1v) is 8.10. The van der Waals surface area contributed by atoms with Crippen LogP contribution >= 0.6 is 0 Å². The van der Waals surface area contributed by atoms with Crippen molar-refractivity contribution in [2.24, 2.45) is 0 Å². The van der Waals surface area contributed by atoms with Gasteiger partial charge in [0.15, 0.2) is 8.32 Å². The van der Waals surface area contributed by atoms with Crippen molar-refractivity contribution in [3.8, 4) is 0 Å². The summed E-state index contributed by atoms with van der Waals surface area (Å²) in [5.41, 5.74) is 0. The third-order valence-electron chi connectivity index (χ3n) is 3.24. The Morgan fingerprint density at radius 3 is 2.36 bits per heavy atom. The second-order valence-electron chi connectivity index (χ2n) is 5.45. The Morgan fingerprint density at radius 1 is 1.43 bits per heavy atom. The van der Waals surface area contributed by atoms with Gasteiger partial charge in [-0.2, -0.15) is 0 Å². The van der Waals surface area contributed by atoms with E-state index < -0.39 is 8.32 Å². The molecule has 14 heavy (non-hydrogen) atoms. The summed E-state index contributed by atoms with van der Waals surface area (Å²) in [7, 11) is -1.77. The molecule has 0 aromatic carbocycles. The van der Waals surface area contributed by atoms with Gasteiger partial charge in [-0.1, -0.05) is 20.8 Å². The smallest absolute Gasteiger partial charge is 0.247 e. The first-order chi connectivity index (χ1) is 6.24. The normalized spacial score (nSPS) is 23.8. The molecule has 0 aliphatic carbocycles. The molecule has 0 saturated carbocycles. The van der Waals surface area contributed by atoms with Gasteiger partial charge in [-0.15, -0.1) is 0 Å². The fourth-order valence-corrected chi connectivity index (χ4v) is 2.51. The zero-order valence-corrected chi connectivity index (χ0v) is 10.8. The molecule has 0 unspecified atom stereocenters. The molecule has 0 spiro atoms. The van der Waals surface area contributed by atoms with Crippen LogP contribution in [0.1, 0.15) is 27.2 Å². The lowest BCUT2D eigenvalue weighted by molar-refractivity contribution is -0.125. The standard InChI is InChI=1S/C10H21NO2Si/c1-10(2,3)14(4,5)13-8-6-7-11-9(8)12/h8H,6-7H2,1-5H3,(H,11,12)/t8-/m1/s1. The third-order valence-corrected chi connectivity index (χ3v) is 7.73. The average molecular weight is 215 g/mol. The Kier molecular flexibility index (Phi) is 3.06. The predicted octanol–water partition coefficient (Wildman–Crippen LogP) is 1.90. The molecule has 1 aliphatic heterocycles. The molecule has 4 heteroatoms. The fourth-order valence-electron chi connectivity index (χ4n) is 1.22. The summed E-state index contributed by atoms with van der Waals surface area (Å²) < 4.78 is 6.00. The first-order valence-electron chi connectivity index (χ1n) is 5.19. The van der Waals surface area contributed by atoms with Gasteiger partial charge in [0.05, 0.1) is 0 Å². The molecule has 0 bridgehead atoms. The molecule has 1 amide bonds. The number of carbonyl (C=O) groups is 1. The molecule has 1 aliphatic rings. The Balaban J connectivity index is 2.63. The van der Waals surface area contributed by atoms with Gasteiger partial charge in [0, 0.05) is 6.54 Å². The Hall–Kier alpha value is -0.353. The number of amides is 1. The maximum atomic E-state index is 11.4. The topological polar surface area (TPSA) is 38.3 Å². The quantitative estimate of drug-likeness (QED) is 0.714. The van der Waals surface area contributed by atoms with Crippen LogP contribution in [0.5, 0.6) is 0 Å². The maximum absolute atomic E-state index is 11.4. The Labute approximate surface area is 87.3 Å². The SMILES string of the molecule is CC(C)(C)[Si](C)(C)O[C@@H]1CCNC1=O. The Bertz CT molecular complexity index is 233. The van der Waals surface area contributed by atoms with Crippen molar-refractivity contribution in [1.29, 1.82) is 0 Å². The number of hydrogen-bond acceptors (Lipinski definition) is 2. The van der Waals surface area contributed by atoms with Crippen LogP contribution in [0.15, 0.2) is 0 Å². The molecule has 3 nitrogen and oxygen atoms in total. The molecule has 1 atom stereocenters.